The predicted molar refractivity (Wildman–Crippen MR) is 55.6 cm³/mol. The Morgan fingerprint density at radius 1 is 1.31 bits per heavy atom. The van der Waals surface area contributed by atoms with Gasteiger partial charge in [-0.2, -0.15) is 5.10 Å². The van der Waals surface area contributed by atoms with E-state index in [4.69, 9.17) is 5.73 Å². The van der Waals surface area contributed by atoms with Crippen LogP contribution in [-0.4, -0.2) is 9.78 Å². The first kappa shape index (κ1) is 10.8. The first-order valence-corrected chi connectivity index (χ1v) is 4.78. The molecule has 0 radical (unpaired) electrons. The molecule has 0 fully saturated rings. The third-order valence-electron chi connectivity index (χ3n) is 2.49. The third-order valence-corrected chi connectivity index (χ3v) is 2.49. The Labute approximate surface area is 91.5 Å². The van der Waals surface area contributed by atoms with Crippen LogP contribution in [0.1, 0.15) is 17.3 Å². The third kappa shape index (κ3) is 1.69. The van der Waals surface area contributed by atoms with E-state index in [1.165, 1.54) is 16.8 Å². The van der Waals surface area contributed by atoms with Gasteiger partial charge < -0.3 is 5.73 Å². The summed E-state index contributed by atoms with van der Waals surface area (Å²) in [5.41, 5.74) is 6.62. The molecule has 0 saturated heterocycles. The number of aromatic nitrogens is 2. The average molecular weight is 223 g/mol. The molecule has 0 saturated carbocycles. The summed E-state index contributed by atoms with van der Waals surface area (Å²) in [6, 6.07) is 4.92. The van der Waals surface area contributed by atoms with Crippen LogP contribution >= 0.6 is 0 Å². The van der Waals surface area contributed by atoms with Crippen molar-refractivity contribution in [3.8, 4) is 0 Å². The van der Waals surface area contributed by atoms with Crippen LogP contribution in [0.25, 0.3) is 0 Å². The molecule has 2 N–H and O–H groups in total. The van der Waals surface area contributed by atoms with Crippen LogP contribution in [0, 0.1) is 11.6 Å². The molecule has 0 bridgehead atoms. The molecule has 0 aliphatic heterocycles. The van der Waals surface area contributed by atoms with Gasteiger partial charge in [0.15, 0.2) is 11.6 Å². The number of hydrogen-bond donors (Lipinski definition) is 1. The Morgan fingerprint density at radius 3 is 2.69 bits per heavy atom. The van der Waals surface area contributed by atoms with Crippen LogP contribution in [0.4, 0.5) is 8.78 Å². The summed E-state index contributed by atoms with van der Waals surface area (Å²) in [5.74, 6) is -1.80. The van der Waals surface area contributed by atoms with Gasteiger partial charge in [0.25, 0.3) is 0 Å². The highest BCUT2D eigenvalue weighted by molar-refractivity contribution is 5.29. The van der Waals surface area contributed by atoms with Crippen molar-refractivity contribution >= 4 is 0 Å². The zero-order valence-electron chi connectivity index (χ0n) is 8.69. The van der Waals surface area contributed by atoms with Gasteiger partial charge >= 0.3 is 0 Å². The Balaban J connectivity index is 2.46. The molecule has 2 aromatic rings. The predicted octanol–water partition coefficient (Wildman–Crippen LogP) is 1.75. The Hall–Kier alpha value is -1.75. The quantitative estimate of drug-likeness (QED) is 0.842. The van der Waals surface area contributed by atoms with Crippen LogP contribution < -0.4 is 5.73 Å². The topological polar surface area (TPSA) is 43.8 Å². The Kier molecular flexibility index (Phi) is 2.70. The van der Waals surface area contributed by atoms with Crippen molar-refractivity contribution < 1.29 is 8.78 Å². The van der Waals surface area contributed by atoms with Crippen molar-refractivity contribution in [1.82, 2.24) is 9.78 Å². The van der Waals surface area contributed by atoms with E-state index in [1.807, 2.05) is 0 Å². The molecular formula is C11H11F2N3. The second kappa shape index (κ2) is 4.02. The molecule has 84 valence electrons. The number of nitrogens with zero attached hydrogens (tertiary/aromatic N) is 2. The van der Waals surface area contributed by atoms with Crippen LogP contribution in [0.3, 0.4) is 0 Å². The van der Waals surface area contributed by atoms with Crippen molar-refractivity contribution in [2.75, 3.05) is 0 Å². The van der Waals surface area contributed by atoms with Gasteiger partial charge in [-0.15, -0.1) is 0 Å². The maximum absolute atomic E-state index is 13.5. The van der Waals surface area contributed by atoms with Crippen LogP contribution in [0.15, 0.2) is 30.5 Å². The zero-order valence-corrected chi connectivity index (χ0v) is 8.69. The molecule has 1 aromatic carbocycles. The summed E-state index contributed by atoms with van der Waals surface area (Å²) in [4.78, 5) is 0. The van der Waals surface area contributed by atoms with Gasteiger partial charge in [-0.3, -0.25) is 4.68 Å². The highest BCUT2D eigenvalue weighted by Crippen LogP contribution is 2.22. The molecule has 0 aliphatic rings. The molecule has 1 unspecified atom stereocenters. The van der Waals surface area contributed by atoms with Gasteiger partial charge in [-0.1, -0.05) is 12.1 Å². The number of rotatable bonds is 2. The maximum Gasteiger partial charge on any atom is 0.163 e. The van der Waals surface area contributed by atoms with Crippen LogP contribution in [-0.2, 0) is 7.05 Å². The minimum atomic E-state index is -0.906. The monoisotopic (exact) mass is 223 g/mol. The van der Waals surface area contributed by atoms with E-state index in [0.29, 0.717) is 5.69 Å². The molecule has 3 nitrogen and oxygen atoms in total. The molecule has 0 amide bonds. The second-order valence-electron chi connectivity index (χ2n) is 3.50. The molecule has 16 heavy (non-hydrogen) atoms. The molecule has 5 heteroatoms. The van der Waals surface area contributed by atoms with E-state index in [9.17, 15) is 8.78 Å². The molecule has 2 rings (SSSR count). The summed E-state index contributed by atoms with van der Waals surface area (Å²) in [6.07, 6.45) is 1.56. The zero-order chi connectivity index (χ0) is 11.7. The molecular weight excluding hydrogens is 212 g/mol. The molecule has 1 heterocycles. The molecule has 1 aromatic heterocycles. The molecule has 0 aliphatic carbocycles. The Bertz CT molecular complexity index is 508. The standard InChI is InChI=1S/C11H11F2N3/c1-16-9(5-6-15-16)11(14)7-3-2-4-8(12)10(7)13/h2-6,11H,14H2,1H3. The minimum absolute atomic E-state index is 0.128. The van der Waals surface area contributed by atoms with Crippen molar-refractivity contribution in [3.63, 3.8) is 0 Å². The van der Waals surface area contributed by atoms with E-state index in [-0.39, 0.29) is 5.56 Å². The van der Waals surface area contributed by atoms with E-state index >= 15 is 0 Å². The lowest BCUT2D eigenvalue weighted by molar-refractivity contribution is 0.491. The summed E-state index contributed by atoms with van der Waals surface area (Å²) in [6.45, 7) is 0. The van der Waals surface area contributed by atoms with Gasteiger partial charge in [0, 0.05) is 18.8 Å². The molecule has 0 spiro atoms. The fourth-order valence-corrected chi connectivity index (χ4v) is 1.61. The van der Waals surface area contributed by atoms with Crippen LogP contribution in [0.5, 0.6) is 0 Å². The van der Waals surface area contributed by atoms with E-state index < -0.39 is 17.7 Å². The largest absolute Gasteiger partial charge is 0.319 e. The molecule has 1 atom stereocenters. The van der Waals surface area contributed by atoms with Gasteiger partial charge in [-0.25, -0.2) is 8.78 Å². The summed E-state index contributed by atoms with van der Waals surface area (Å²) >= 11 is 0. The average Bonchev–Trinajstić information content (AvgIpc) is 2.68. The van der Waals surface area contributed by atoms with E-state index in [2.05, 4.69) is 5.10 Å². The summed E-state index contributed by atoms with van der Waals surface area (Å²) < 4.78 is 28.1. The minimum Gasteiger partial charge on any atom is -0.319 e. The number of nitrogens with two attached hydrogens (primary N) is 1. The van der Waals surface area contributed by atoms with E-state index in [0.717, 1.165) is 6.07 Å². The fraction of sp³-hybridized carbons (Fsp3) is 0.182. The lowest BCUT2D eigenvalue weighted by Crippen LogP contribution is -2.17. The highest BCUT2D eigenvalue weighted by atomic mass is 19.2. The number of benzene rings is 1. The van der Waals surface area contributed by atoms with Crippen molar-refractivity contribution in [2.45, 2.75) is 6.04 Å². The lowest BCUT2D eigenvalue weighted by Gasteiger charge is -2.13. The number of aryl methyl sites for hydroxylation is 1. The van der Waals surface area contributed by atoms with Gasteiger partial charge in [0.1, 0.15) is 0 Å². The SMILES string of the molecule is Cn1nccc1C(N)c1cccc(F)c1F. The van der Waals surface area contributed by atoms with Gasteiger partial charge in [0.05, 0.1) is 11.7 Å². The summed E-state index contributed by atoms with van der Waals surface area (Å²) in [7, 11) is 1.70. The first-order chi connectivity index (χ1) is 7.61. The maximum atomic E-state index is 13.5. The fourth-order valence-electron chi connectivity index (χ4n) is 1.61. The van der Waals surface area contributed by atoms with E-state index in [1.54, 1.807) is 19.3 Å². The van der Waals surface area contributed by atoms with Crippen molar-refractivity contribution in [3.05, 3.63) is 53.4 Å². The van der Waals surface area contributed by atoms with Gasteiger partial charge in [0.2, 0.25) is 0 Å². The van der Waals surface area contributed by atoms with Crippen molar-refractivity contribution in [1.29, 1.82) is 0 Å². The second-order valence-corrected chi connectivity index (χ2v) is 3.50. The van der Waals surface area contributed by atoms with Crippen molar-refractivity contribution in [2.24, 2.45) is 12.8 Å². The smallest absolute Gasteiger partial charge is 0.163 e. The number of hydrogen-bond acceptors (Lipinski definition) is 2. The Morgan fingerprint density at radius 2 is 2.06 bits per heavy atom. The highest BCUT2D eigenvalue weighted by Gasteiger charge is 2.18. The lowest BCUT2D eigenvalue weighted by atomic mass is 10.0. The van der Waals surface area contributed by atoms with Crippen LogP contribution in [0.2, 0.25) is 0 Å². The normalized spacial score (nSPS) is 12.8. The summed E-state index contributed by atoms with van der Waals surface area (Å²) in [5, 5.41) is 3.94. The number of halogens is 2. The van der Waals surface area contributed by atoms with Gasteiger partial charge in [-0.05, 0) is 12.1 Å². The first-order valence-electron chi connectivity index (χ1n) is 4.78.